The van der Waals surface area contributed by atoms with Crippen molar-refractivity contribution in [1.82, 2.24) is 15.0 Å². The standard InChI is InChI=1S/C18H24FN3OS/c1-13(23-18-9-8-17(19)12-21-18)10-20-11-15-4-6-16(7-5-15)14(2)22-24-3/h4-9,12-14,20,22H,10-11H2,1-3H3. The lowest BCUT2D eigenvalue weighted by atomic mass is 10.1. The first kappa shape index (κ1) is 18.7. The molecule has 0 radical (unpaired) electrons. The van der Waals surface area contributed by atoms with Gasteiger partial charge in [0, 0.05) is 25.2 Å². The van der Waals surface area contributed by atoms with Crippen molar-refractivity contribution in [2.75, 3.05) is 12.8 Å². The molecule has 24 heavy (non-hydrogen) atoms. The van der Waals surface area contributed by atoms with E-state index in [0.29, 0.717) is 18.5 Å². The van der Waals surface area contributed by atoms with Crippen LogP contribution in [0.3, 0.4) is 0 Å². The zero-order chi connectivity index (χ0) is 17.4. The van der Waals surface area contributed by atoms with Gasteiger partial charge in [-0.15, -0.1) is 0 Å². The van der Waals surface area contributed by atoms with Gasteiger partial charge in [0.25, 0.3) is 0 Å². The Morgan fingerprint density at radius 3 is 2.54 bits per heavy atom. The van der Waals surface area contributed by atoms with E-state index in [9.17, 15) is 4.39 Å². The Morgan fingerprint density at radius 2 is 1.92 bits per heavy atom. The average molecular weight is 349 g/mol. The van der Waals surface area contributed by atoms with Crippen molar-refractivity contribution in [3.63, 3.8) is 0 Å². The van der Waals surface area contributed by atoms with Crippen LogP contribution in [-0.2, 0) is 6.54 Å². The van der Waals surface area contributed by atoms with Crippen LogP contribution in [0.25, 0.3) is 0 Å². The lowest BCUT2D eigenvalue weighted by molar-refractivity contribution is 0.208. The Labute approximate surface area is 147 Å². The third-order valence-corrected chi connectivity index (χ3v) is 4.15. The van der Waals surface area contributed by atoms with Gasteiger partial charge >= 0.3 is 0 Å². The zero-order valence-electron chi connectivity index (χ0n) is 14.3. The number of benzene rings is 1. The number of nitrogens with one attached hydrogen (secondary N) is 2. The van der Waals surface area contributed by atoms with E-state index < -0.39 is 0 Å². The molecule has 0 saturated carbocycles. The molecule has 0 spiro atoms. The second kappa shape index (κ2) is 9.61. The Balaban J connectivity index is 1.74. The number of hydrogen-bond acceptors (Lipinski definition) is 5. The third-order valence-electron chi connectivity index (χ3n) is 3.56. The highest BCUT2D eigenvalue weighted by atomic mass is 32.2. The molecule has 130 valence electrons. The van der Waals surface area contributed by atoms with Gasteiger partial charge in [-0.25, -0.2) is 9.37 Å². The van der Waals surface area contributed by atoms with Gasteiger partial charge in [-0.2, -0.15) is 0 Å². The summed E-state index contributed by atoms with van der Waals surface area (Å²) >= 11 is 1.63. The van der Waals surface area contributed by atoms with E-state index in [1.807, 2.05) is 13.2 Å². The SMILES string of the molecule is CSNC(C)c1ccc(CNCC(C)Oc2ccc(F)cn2)cc1. The highest BCUT2D eigenvalue weighted by Crippen LogP contribution is 2.15. The van der Waals surface area contributed by atoms with Crippen molar-refractivity contribution < 1.29 is 9.13 Å². The molecule has 2 rings (SSSR count). The summed E-state index contributed by atoms with van der Waals surface area (Å²) in [6, 6.07) is 11.8. The van der Waals surface area contributed by atoms with Crippen LogP contribution in [0, 0.1) is 5.82 Å². The fourth-order valence-corrected chi connectivity index (χ4v) is 2.76. The molecule has 2 N–H and O–H groups in total. The predicted octanol–water partition coefficient (Wildman–Crippen LogP) is 3.71. The quantitative estimate of drug-likeness (QED) is 0.676. The fraction of sp³-hybridized carbons (Fsp3) is 0.389. The zero-order valence-corrected chi connectivity index (χ0v) is 15.1. The minimum absolute atomic E-state index is 0.0481. The molecule has 0 aliphatic heterocycles. The van der Waals surface area contributed by atoms with Gasteiger partial charge in [0.15, 0.2) is 0 Å². The molecular weight excluding hydrogens is 325 g/mol. The lowest BCUT2D eigenvalue weighted by Crippen LogP contribution is -2.28. The van der Waals surface area contributed by atoms with Gasteiger partial charge in [0.05, 0.1) is 6.20 Å². The molecule has 2 atom stereocenters. The molecule has 0 fully saturated rings. The van der Waals surface area contributed by atoms with E-state index in [1.165, 1.54) is 23.3 Å². The van der Waals surface area contributed by atoms with Crippen molar-refractivity contribution in [3.8, 4) is 5.88 Å². The maximum atomic E-state index is 12.8. The second-order valence-corrected chi connectivity index (χ2v) is 6.30. The Hall–Kier alpha value is -1.63. The van der Waals surface area contributed by atoms with Crippen molar-refractivity contribution in [3.05, 3.63) is 59.5 Å². The van der Waals surface area contributed by atoms with Crippen LogP contribution in [0.1, 0.15) is 31.0 Å². The maximum Gasteiger partial charge on any atom is 0.213 e. The minimum atomic E-state index is -0.362. The molecule has 0 amide bonds. The summed E-state index contributed by atoms with van der Waals surface area (Å²) in [5.41, 5.74) is 2.49. The van der Waals surface area contributed by atoms with Crippen molar-refractivity contribution in [1.29, 1.82) is 0 Å². The minimum Gasteiger partial charge on any atom is -0.473 e. The summed E-state index contributed by atoms with van der Waals surface area (Å²) in [5.74, 6) is 0.0731. The van der Waals surface area contributed by atoms with Crippen LogP contribution < -0.4 is 14.8 Å². The molecular formula is C18H24FN3OS. The molecule has 0 aliphatic rings. The van der Waals surface area contributed by atoms with E-state index >= 15 is 0 Å². The number of pyridine rings is 1. The molecule has 1 aromatic carbocycles. The van der Waals surface area contributed by atoms with E-state index in [0.717, 1.165) is 12.7 Å². The van der Waals surface area contributed by atoms with E-state index in [2.05, 4.69) is 46.2 Å². The summed E-state index contributed by atoms with van der Waals surface area (Å²) in [5, 5.41) is 3.36. The maximum absolute atomic E-state index is 12.8. The van der Waals surface area contributed by atoms with Crippen LogP contribution in [-0.4, -0.2) is 23.9 Å². The number of nitrogens with zero attached hydrogens (tertiary/aromatic N) is 1. The first-order chi connectivity index (χ1) is 11.6. The molecule has 2 aromatic rings. The summed E-state index contributed by atoms with van der Waals surface area (Å²) < 4.78 is 21.8. The summed E-state index contributed by atoms with van der Waals surface area (Å²) in [6.07, 6.45) is 3.14. The summed E-state index contributed by atoms with van der Waals surface area (Å²) in [7, 11) is 0. The third kappa shape index (κ3) is 6.11. The van der Waals surface area contributed by atoms with Gasteiger partial charge in [-0.3, -0.25) is 4.72 Å². The van der Waals surface area contributed by atoms with E-state index in [4.69, 9.17) is 4.74 Å². The van der Waals surface area contributed by atoms with Crippen molar-refractivity contribution in [2.24, 2.45) is 0 Å². The molecule has 0 saturated heterocycles. The van der Waals surface area contributed by atoms with Crippen LogP contribution >= 0.6 is 11.9 Å². The molecule has 1 aromatic heterocycles. The average Bonchev–Trinajstić information content (AvgIpc) is 2.58. The summed E-state index contributed by atoms with van der Waals surface area (Å²) in [6.45, 7) is 5.56. The molecule has 4 nitrogen and oxygen atoms in total. The first-order valence-corrected chi connectivity index (χ1v) is 9.17. The fourth-order valence-electron chi connectivity index (χ4n) is 2.27. The van der Waals surface area contributed by atoms with Crippen LogP contribution in [0.5, 0.6) is 5.88 Å². The number of aromatic nitrogens is 1. The number of halogens is 1. The van der Waals surface area contributed by atoms with Crippen LogP contribution in [0.2, 0.25) is 0 Å². The Bertz CT molecular complexity index is 607. The first-order valence-electron chi connectivity index (χ1n) is 7.94. The molecule has 0 aliphatic carbocycles. The molecule has 6 heteroatoms. The highest BCUT2D eigenvalue weighted by molar-refractivity contribution is 7.96. The second-order valence-electron chi connectivity index (χ2n) is 5.66. The van der Waals surface area contributed by atoms with Crippen molar-refractivity contribution in [2.45, 2.75) is 32.5 Å². The number of rotatable bonds is 9. The summed E-state index contributed by atoms with van der Waals surface area (Å²) in [4.78, 5) is 3.89. The largest absolute Gasteiger partial charge is 0.473 e. The molecule has 1 heterocycles. The number of ether oxygens (including phenoxy) is 1. The van der Waals surface area contributed by atoms with Gasteiger partial charge in [-0.05, 0) is 37.3 Å². The topological polar surface area (TPSA) is 46.2 Å². The Morgan fingerprint density at radius 1 is 1.17 bits per heavy atom. The monoisotopic (exact) mass is 349 g/mol. The Kier molecular flexibility index (Phi) is 7.49. The van der Waals surface area contributed by atoms with Crippen LogP contribution in [0.15, 0.2) is 42.6 Å². The molecule has 2 unspecified atom stereocenters. The highest BCUT2D eigenvalue weighted by Gasteiger charge is 2.06. The van der Waals surface area contributed by atoms with Crippen LogP contribution in [0.4, 0.5) is 4.39 Å². The molecule has 0 bridgehead atoms. The van der Waals surface area contributed by atoms with Gasteiger partial charge in [-0.1, -0.05) is 36.2 Å². The van der Waals surface area contributed by atoms with Gasteiger partial charge < -0.3 is 10.1 Å². The predicted molar refractivity (Wildman–Crippen MR) is 97.5 cm³/mol. The van der Waals surface area contributed by atoms with E-state index in [-0.39, 0.29) is 11.9 Å². The van der Waals surface area contributed by atoms with Gasteiger partial charge in [0.1, 0.15) is 11.9 Å². The lowest BCUT2D eigenvalue weighted by Gasteiger charge is -2.15. The number of hydrogen-bond donors (Lipinski definition) is 2. The van der Waals surface area contributed by atoms with Gasteiger partial charge in [0.2, 0.25) is 5.88 Å². The smallest absolute Gasteiger partial charge is 0.213 e. The van der Waals surface area contributed by atoms with E-state index in [1.54, 1.807) is 11.9 Å². The van der Waals surface area contributed by atoms with Crippen molar-refractivity contribution >= 4 is 11.9 Å². The normalized spacial score (nSPS) is 13.5.